The van der Waals surface area contributed by atoms with Crippen LogP contribution in [0, 0.1) is 0 Å². The topological polar surface area (TPSA) is 101 Å². The third kappa shape index (κ3) is 5.43. The summed E-state index contributed by atoms with van der Waals surface area (Å²) in [6, 6.07) is 14.1. The van der Waals surface area contributed by atoms with E-state index >= 15 is 0 Å². The summed E-state index contributed by atoms with van der Waals surface area (Å²) in [5, 5.41) is 0. The van der Waals surface area contributed by atoms with Gasteiger partial charge in [-0.2, -0.15) is 0 Å². The minimum atomic E-state index is -4.18. The maximum atomic E-state index is 12.8. The number of carbonyl (C=O) groups excluding carboxylic acids is 1. The Bertz CT molecular complexity index is 1080. The van der Waals surface area contributed by atoms with Gasteiger partial charge in [0.15, 0.2) is 9.84 Å². The van der Waals surface area contributed by atoms with Gasteiger partial charge in [-0.05, 0) is 43.1 Å². The van der Waals surface area contributed by atoms with Crippen LogP contribution in [0.2, 0.25) is 0 Å². The Morgan fingerprint density at radius 2 is 1.69 bits per heavy atom. The third-order valence-electron chi connectivity index (χ3n) is 4.92. The van der Waals surface area contributed by atoms with Gasteiger partial charge in [-0.15, -0.1) is 0 Å². The van der Waals surface area contributed by atoms with E-state index in [-0.39, 0.29) is 9.79 Å². The van der Waals surface area contributed by atoms with Gasteiger partial charge in [-0.1, -0.05) is 42.8 Å². The molecule has 1 fully saturated rings. The van der Waals surface area contributed by atoms with Crippen LogP contribution >= 0.6 is 0 Å². The fourth-order valence-corrected chi connectivity index (χ4v) is 5.23. The zero-order valence-corrected chi connectivity index (χ0v) is 17.7. The smallest absolute Gasteiger partial charge is 0.264 e. The van der Waals surface area contributed by atoms with Crippen LogP contribution in [0.3, 0.4) is 0 Å². The number of sulfone groups is 1. The summed E-state index contributed by atoms with van der Waals surface area (Å²) in [7, 11) is -7.74. The molecule has 1 heterocycles. The molecule has 7 nitrogen and oxygen atoms in total. The van der Waals surface area contributed by atoms with Gasteiger partial charge in [0.25, 0.3) is 15.9 Å². The minimum absolute atomic E-state index is 0.115. The van der Waals surface area contributed by atoms with Crippen molar-refractivity contribution in [3.05, 3.63) is 60.2 Å². The summed E-state index contributed by atoms with van der Waals surface area (Å²) in [6.45, 7) is 1.26. The lowest BCUT2D eigenvalue weighted by Gasteiger charge is -2.34. The molecule has 1 unspecified atom stereocenters. The predicted octanol–water partition coefficient (Wildman–Crippen LogP) is 1.95. The van der Waals surface area contributed by atoms with Crippen LogP contribution in [-0.2, 0) is 31.2 Å². The molecule has 9 heteroatoms. The first-order valence-corrected chi connectivity index (χ1v) is 12.7. The number of hydrogen-bond acceptors (Lipinski definition) is 6. The highest BCUT2D eigenvalue weighted by Crippen LogP contribution is 2.21. The number of sulfonamides is 1. The maximum Gasteiger partial charge on any atom is 0.264 e. The first-order chi connectivity index (χ1) is 13.7. The highest BCUT2D eigenvalue weighted by molar-refractivity contribution is 7.91. The van der Waals surface area contributed by atoms with Crippen LogP contribution in [0.1, 0.15) is 24.8 Å². The van der Waals surface area contributed by atoms with Crippen LogP contribution in [0.5, 0.6) is 0 Å². The van der Waals surface area contributed by atoms with E-state index in [4.69, 9.17) is 0 Å². The molecule has 0 bridgehead atoms. The van der Waals surface area contributed by atoms with Gasteiger partial charge in [-0.25, -0.2) is 21.6 Å². The molecular weight excluding hydrogens is 412 g/mol. The maximum absolute atomic E-state index is 12.8. The Balaban J connectivity index is 1.78. The second-order valence-electron chi connectivity index (χ2n) is 7.18. The molecule has 0 aromatic heterocycles. The number of carbonyl (C=O) groups is 1. The zero-order chi connectivity index (χ0) is 21.1. The second-order valence-corrected chi connectivity index (χ2v) is 10.9. The van der Waals surface area contributed by atoms with Crippen molar-refractivity contribution in [2.24, 2.45) is 0 Å². The summed E-state index contributed by atoms with van der Waals surface area (Å²) in [5.74, 6) is -0.592. The van der Waals surface area contributed by atoms with E-state index in [0.717, 1.165) is 30.7 Å². The fraction of sp³-hybridized carbons (Fsp3) is 0.350. The van der Waals surface area contributed by atoms with Gasteiger partial charge in [-0.3, -0.25) is 9.69 Å². The van der Waals surface area contributed by atoms with E-state index in [0.29, 0.717) is 19.5 Å². The highest BCUT2D eigenvalue weighted by Gasteiger charge is 2.31. The number of amides is 1. The molecule has 0 aliphatic carbocycles. The van der Waals surface area contributed by atoms with Gasteiger partial charge >= 0.3 is 0 Å². The molecule has 3 rings (SSSR count). The summed E-state index contributed by atoms with van der Waals surface area (Å²) in [6.07, 6.45) is 3.35. The first kappa shape index (κ1) is 21.5. The molecule has 29 heavy (non-hydrogen) atoms. The number of nitrogens with zero attached hydrogens (tertiary/aromatic N) is 1. The van der Waals surface area contributed by atoms with Crippen molar-refractivity contribution < 1.29 is 21.6 Å². The molecule has 1 aliphatic heterocycles. The normalized spacial score (nSPS) is 18.3. The van der Waals surface area contributed by atoms with Crippen molar-refractivity contribution in [2.45, 2.75) is 41.6 Å². The van der Waals surface area contributed by atoms with E-state index < -0.39 is 31.8 Å². The molecule has 1 aliphatic rings. The Hall–Kier alpha value is -2.23. The van der Waals surface area contributed by atoms with Gasteiger partial charge in [0, 0.05) is 12.8 Å². The Labute approximate surface area is 171 Å². The lowest BCUT2D eigenvalue weighted by atomic mass is 10.0. The second kappa shape index (κ2) is 8.64. The Morgan fingerprint density at radius 1 is 1.00 bits per heavy atom. The molecule has 2 aromatic rings. The standard InChI is InChI=1S/C20H24N2O5S2/c1-28(24,25)17-10-7-11-18(14-17)29(26,27)21-20(23)19-12-5-6-13-22(19)15-16-8-3-2-4-9-16/h2-4,7-11,14,19H,5-6,12-13,15H2,1H3,(H,21,23). The van der Waals surface area contributed by atoms with Crippen molar-refractivity contribution in [1.82, 2.24) is 9.62 Å². The third-order valence-corrected chi connectivity index (χ3v) is 7.38. The molecule has 0 spiro atoms. The summed E-state index contributed by atoms with van der Waals surface area (Å²) in [4.78, 5) is 14.4. The largest absolute Gasteiger partial charge is 0.288 e. The van der Waals surface area contributed by atoms with E-state index in [1.807, 2.05) is 35.2 Å². The summed E-state index contributed by atoms with van der Waals surface area (Å²) in [5.41, 5.74) is 1.05. The fourth-order valence-electron chi connectivity index (χ4n) is 3.43. The lowest BCUT2D eigenvalue weighted by molar-refractivity contribution is -0.126. The SMILES string of the molecule is CS(=O)(=O)c1cccc(S(=O)(=O)NC(=O)C2CCCCN2Cc2ccccc2)c1. The zero-order valence-electron chi connectivity index (χ0n) is 16.1. The molecule has 2 aromatic carbocycles. The van der Waals surface area contributed by atoms with Crippen LogP contribution in [0.4, 0.5) is 0 Å². The van der Waals surface area contributed by atoms with Gasteiger partial charge < -0.3 is 0 Å². The van der Waals surface area contributed by atoms with E-state index in [1.54, 1.807) is 0 Å². The van der Waals surface area contributed by atoms with Gasteiger partial charge in [0.1, 0.15) is 0 Å². The average molecular weight is 437 g/mol. The highest BCUT2D eigenvalue weighted by atomic mass is 32.2. The molecule has 1 amide bonds. The van der Waals surface area contributed by atoms with Gasteiger partial charge in [0.2, 0.25) is 0 Å². The Kier molecular flexibility index (Phi) is 6.40. The minimum Gasteiger partial charge on any atom is -0.288 e. The average Bonchev–Trinajstić information content (AvgIpc) is 2.68. The molecule has 156 valence electrons. The number of piperidine rings is 1. The first-order valence-electron chi connectivity index (χ1n) is 9.31. The number of benzene rings is 2. The molecule has 0 radical (unpaired) electrons. The summed E-state index contributed by atoms with van der Waals surface area (Å²) < 4.78 is 50.9. The van der Waals surface area contributed by atoms with Crippen molar-refractivity contribution in [3.8, 4) is 0 Å². The predicted molar refractivity (Wildman–Crippen MR) is 109 cm³/mol. The van der Waals surface area contributed by atoms with E-state index in [1.165, 1.54) is 18.2 Å². The summed E-state index contributed by atoms with van der Waals surface area (Å²) >= 11 is 0. The van der Waals surface area contributed by atoms with Crippen molar-refractivity contribution in [2.75, 3.05) is 12.8 Å². The number of rotatable bonds is 6. The number of nitrogens with one attached hydrogen (secondary N) is 1. The van der Waals surface area contributed by atoms with Crippen molar-refractivity contribution >= 4 is 25.8 Å². The molecule has 1 saturated heterocycles. The quantitative estimate of drug-likeness (QED) is 0.743. The number of hydrogen-bond donors (Lipinski definition) is 1. The van der Waals surface area contributed by atoms with E-state index in [9.17, 15) is 21.6 Å². The van der Waals surface area contributed by atoms with Crippen LogP contribution < -0.4 is 4.72 Å². The Morgan fingerprint density at radius 3 is 2.38 bits per heavy atom. The van der Waals surface area contributed by atoms with Crippen LogP contribution in [0.25, 0.3) is 0 Å². The number of likely N-dealkylation sites (tertiary alicyclic amines) is 1. The lowest BCUT2D eigenvalue weighted by Crippen LogP contribution is -2.50. The molecule has 0 saturated carbocycles. The van der Waals surface area contributed by atoms with Crippen molar-refractivity contribution in [1.29, 1.82) is 0 Å². The van der Waals surface area contributed by atoms with Crippen LogP contribution in [-0.4, -0.2) is 46.5 Å². The monoisotopic (exact) mass is 436 g/mol. The van der Waals surface area contributed by atoms with Crippen molar-refractivity contribution in [3.63, 3.8) is 0 Å². The van der Waals surface area contributed by atoms with E-state index in [2.05, 4.69) is 4.72 Å². The van der Waals surface area contributed by atoms with Crippen LogP contribution in [0.15, 0.2) is 64.4 Å². The molecule has 1 N–H and O–H groups in total. The molecular formula is C20H24N2O5S2. The molecule has 1 atom stereocenters. The van der Waals surface area contributed by atoms with Gasteiger partial charge in [0.05, 0.1) is 15.8 Å².